The molecule has 1 amide bonds. The summed E-state index contributed by atoms with van der Waals surface area (Å²) in [6.45, 7) is 0.349. The predicted molar refractivity (Wildman–Crippen MR) is 69.4 cm³/mol. The van der Waals surface area contributed by atoms with Crippen LogP contribution in [0.1, 0.15) is 6.42 Å². The second-order valence-electron chi connectivity index (χ2n) is 4.72. The standard InChI is InChI=1S/C13H13FN4O/c14-13(12(15)19)5-6-18(8-13)11-7-16-9-3-1-2-4-10(9)17-11/h1-4,7H,5-6,8H2,(H2,15,19). The number of para-hydroxylation sites is 2. The number of benzene rings is 1. The third-order valence-electron chi connectivity index (χ3n) is 3.42. The molecule has 0 saturated carbocycles. The molecule has 1 unspecified atom stereocenters. The van der Waals surface area contributed by atoms with E-state index < -0.39 is 11.6 Å². The van der Waals surface area contributed by atoms with Crippen molar-refractivity contribution in [1.29, 1.82) is 0 Å². The minimum absolute atomic E-state index is 0.0602. The van der Waals surface area contributed by atoms with Crippen LogP contribution in [-0.4, -0.2) is 34.6 Å². The smallest absolute Gasteiger partial charge is 0.257 e. The Bertz CT molecular complexity index is 647. The maximum atomic E-state index is 14.1. The minimum atomic E-state index is -1.96. The normalized spacial score (nSPS) is 22.9. The lowest BCUT2D eigenvalue weighted by atomic mass is 10.1. The molecule has 1 aliphatic heterocycles. The predicted octanol–water partition coefficient (Wildman–Crippen LogP) is 1.03. The van der Waals surface area contributed by atoms with Crippen molar-refractivity contribution in [2.24, 2.45) is 5.73 Å². The fourth-order valence-corrected chi connectivity index (χ4v) is 2.27. The van der Waals surface area contributed by atoms with Gasteiger partial charge >= 0.3 is 0 Å². The Morgan fingerprint density at radius 1 is 1.37 bits per heavy atom. The first-order chi connectivity index (χ1) is 9.08. The first-order valence-electron chi connectivity index (χ1n) is 6.04. The van der Waals surface area contributed by atoms with Crippen LogP contribution in [0.25, 0.3) is 11.0 Å². The van der Waals surface area contributed by atoms with E-state index in [-0.39, 0.29) is 13.0 Å². The molecule has 19 heavy (non-hydrogen) atoms. The fourth-order valence-electron chi connectivity index (χ4n) is 2.27. The Hall–Kier alpha value is -2.24. The summed E-state index contributed by atoms with van der Waals surface area (Å²) in [5, 5.41) is 0. The molecule has 0 spiro atoms. The van der Waals surface area contributed by atoms with Gasteiger partial charge in [-0.15, -0.1) is 0 Å². The van der Waals surface area contributed by atoms with Crippen molar-refractivity contribution in [3.05, 3.63) is 30.5 Å². The van der Waals surface area contributed by atoms with E-state index in [1.54, 1.807) is 11.1 Å². The van der Waals surface area contributed by atoms with Crippen LogP contribution in [0.3, 0.4) is 0 Å². The molecule has 6 heteroatoms. The van der Waals surface area contributed by atoms with Gasteiger partial charge < -0.3 is 10.6 Å². The van der Waals surface area contributed by atoms with Gasteiger partial charge in [0.15, 0.2) is 0 Å². The van der Waals surface area contributed by atoms with Crippen molar-refractivity contribution in [3.8, 4) is 0 Å². The number of rotatable bonds is 2. The lowest BCUT2D eigenvalue weighted by Crippen LogP contribution is -2.42. The van der Waals surface area contributed by atoms with Gasteiger partial charge in [0, 0.05) is 13.0 Å². The van der Waals surface area contributed by atoms with E-state index in [1.807, 2.05) is 24.3 Å². The summed E-state index contributed by atoms with van der Waals surface area (Å²) >= 11 is 0. The van der Waals surface area contributed by atoms with Crippen molar-refractivity contribution in [3.63, 3.8) is 0 Å². The SMILES string of the molecule is NC(=O)C1(F)CCN(c2cnc3ccccc3n2)C1. The summed E-state index contributed by atoms with van der Waals surface area (Å²) in [4.78, 5) is 21.5. The molecule has 1 aromatic carbocycles. The van der Waals surface area contributed by atoms with Gasteiger partial charge in [-0.05, 0) is 12.1 Å². The molecular weight excluding hydrogens is 247 g/mol. The number of nitrogens with two attached hydrogens (primary N) is 1. The number of carbonyl (C=O) groups is 1. The number of hydrogen-bond donors (Lipinski definition) is 1. The highest BCUT2D eigenvalue weighted by atomic mass is 19.1. The molecule has 0 bridgehead atoms. The molecular formula is C13H13FN4O. The number of nitrogens with zero attached hydrogens (tertiary/aromatic N) is 3. The summed E-state index contributed by atoms with van der Waals surface area (Å²) in [5.74, 6) is -0.344. The van der Waals surface area contributed by atoms with Crippen LogP contribution in [0.2, 0.25) is 0 Å². The highest BCUT2D eigenvalue weighted by Gasteiger charge is 2.44. The largest absolute Gasteiger partial charge is 0.367 e. The van der Waals surface area contributed by atoms with E-state index in [9.17, 15) is 9.18 Å². The molecule has 98 valence electrons. The lowest BCUT2D eigenvalue weighted by Gasteiger charge is -2.18. The summed E-state index contributed by atoms with van der Waals surface area (Å²) in [7, 11) is 0. The number of amides is 1. The average molecular weight is 260 g/mol. The molecule has 1 atom stereocenters. The van der Waals surface area contributed by atoms with E-state index in [4.69, 9.17) is 5.73 Å². The second kappa shape index (κ2) is 4.15. The molecule has 2 N–H and O–H groups in total. The molecule has 5 nitrogen and oxygen atoms in total. The minimum Gasteiger partial charge on any atom is -0.367 e. The number of carbonyl (C=O) groups excluding carboxylic acids is 1. The highest BCUT2D eigenvalue weighted by Crippen LogP contribution is 2.28. The number of alkyl halides is 1. The second-order valence-corrected chi connectivity index (χ2v) is 4.72. The number of primary amides is 1. The van der Waals surface area contributed by atoms with Gasteiger partial charge in [-0.2, -0.15) is 0 Å². The molecule has 0 aliphatic carbocycles. The zero-order valence-electron chi connectivity index (χ0n) is 10.2. The maximum absolute atomic E-state index is 14.1. The van der Waals surface area contributed by atoms with Crippen LogP contribution >= 0.6 is 0 Å². The van der Waals surface area contributed by atoms with Crippen molar-refractivity contribution < 1.29 is 9.18 Å². The highest BCUT2D eigenvalue weighted by molar-refractivity contribution is 5.85. The van der Waals surface area contributed by atoms with Crippen LogP contribution in [0.5, 0.6) is 0 Å². The summed E-state index contributed by atoms with van der Waals surface area (Å²) in [6, 6.07) is 7.46. The Morgan fingerprint density at radius 3 is 2.79 bits per heavy atom. The van der Waals surface area contributed by atoms with E-state index in [1.165, 1.54) is 0 Å². The number of hydrogen-bond acceptors (Lipinski definition) is 4. The Balaban J connectivity index is 1.92. The topological polar surface area (TPSA) is 72.1 Å². The van der Waals surface area contributed by atoms with Gasteiger partial charge in [0.05, 0.1) is 23.8 Å². The zero-order chi connectivity index (χ0) is 13.5. The van der Waals surface area contributed by atoms with E-state index >= 15 is 0 Å². The van der Waals surface area contributed by atoms with Crippen molar-refractivity contribution in [1.82, 2.24) is 9.97 Å². The molecule has 1 fully saturated rings. The average Bonchev–Trinajstić information content (AvgIpc) is 2.82. The van der Waals surface area contributed by atoms with Gasteiger partial charge in [0.25, 0.3) is 5.91 Å². The van der Waals surface area contributed by atoms with Gasteiger partial charge in [-0.25, -0.2) is 9.37 Å². The molecule has 2 aromatic rings. The molecule has 1 saturated heterocycles. The number of aromatic nitrogens is 2. The van der Waals surface area contributed by atoms with Crippen LogP contribution < -0.4 is 10.6 Å². The first kappa shape index (κ1) is 11.8. The van der Waals surface area contributed by atoms with Crippen LogP contribution in [-0.2, 0) is 4.79 Å². The Kier molecular flexibility index (Phi) is 2.58. The Morgan fingerprint density at radius 2 is 2.11 bits per heavy atom. The lowest BCUT2D eigenvalue weighted by molar-refractivity contribution is -0.128. The van der Waals surface area contributed by atoms with Crippen molar-refractivity contribution >= 4 is 22.8 Å². The molecule has 3 rings (SSSR count). The number of fused-ring (bicyclic) bond motifs is 1. The van der Waals surface area contributed by atoms with Crippen LogP contribution in [0, 0.1) is 0 Å². The van der Waals surface area contributed by atoms with Crippen molar-refractivity contribution in [2.45, 2.75) is 12.1 Å². The maximum Gasteiger partial charge on any atom is 0.257 e. The van der Waals surface area contributed by atoms with Gasteiger partial charge in [-0.3, -0.25) is 9.78 Å². The van der Waals surface area contributed by atoms with Crippen LogP contribution in [0.15, 0.2) is 30.5 Å². The van der Waals surface area contributed by atoms with Gasteiger partial charge in [0.2, 0.25) is 5.67 Å². The molecule has 0 radical (unpaired) electrons. The zero-order valence-corrected chi connectivity index (χ0v) is 10.2. The van der Waals surface area contributed by atoms with Gasteiger partial charge in [-0.1, -0.05) is 12.1 Å². The van der Waals surface area contributed by atoms with Gasteiger partial charge in [0.1, 0.15) is 5.82 Å². The molecule has 1 aliphatic rings. The fraction of sp³-hybridized carbons (Fsp3) is 0.308. The molecule has 1 aromatic heterocycles. The third-order valence-corrected chi connectivity index (χ3v) is 3.42. The number of anilines is 1. The first-order valence-corrected chi connectivity index (χ1v) is 6.04. The van der Waals surface area contributed by atoms with Crippen LogP contribution in [0.4, 0.5) is 10.2 Å². The van der Waals surface area contributed by atoms with Crippen molar-refractivity contribution in [2.75, 3.05) is 18.0 Å². The van der Waals surface area contributed by atoms with E-state index in [0.717, 1.165) is 11.0 Å². The molecule has 2 heterocycles. The third kappa shape index (κ3) is 1.99. The summed E-state index contributed by atoms with van der Waals surface area (Å²) < 4.78 is 14.1. The Labute approximate surface area is 109 Å². The summed E-state index contributed by atoms with van der Waals surface area (Å²) in [5.41, 5.74) is 4.65. The quantitative estimate of drug-likeness (QED) is 0.875. The van der Waals surface area contributed by atoms with E-state index in [2.05, 4.69) is 9.97 Å². The summed E-state index contributed by atoms with van der Waals surface area (Å²) in [6.07, 6.45) is 1.69. The number of halogens is 1. The van der Waals surface area contributed by atoms with E-state index in [0.29, 0.717) is 12.4 Å². The monoisotopic (exact) mass is 260 g/mol.